The number of ether oxygens (including phenoxy) is 1. The van der Waals surface area contributed by atoms with E-state index in [4.69, 9.17) is 14.7 Å². The molecule has 1 spiro atoms. The first-order chi connectivity index (χ1) is 13.1. The quantitative estimate of drug-likeness (QED) is 0.658. The van der Waals surface area contributed by atoms with E-state index >= 15 is 0 Å². The molecule has 0 saturated heterocycles. The van der Waals surface area contributed by atoms with E-state index in [9.17, 15) is 0 Å². The lowest BCUT2D eigenvalue weighted by atomic mass is 9.70. The maximum absolute atomic E-state index is 6.21. The van der Waals surface area contributed by atoms with Gasteiger partial charge >= 0.3 is 0 Å². The minimum absolute atomic E-state index is 0.112. The number of allylic oxidation sites excluding steroid dienone is 2. The third kappa shape index (κ3) is 3.27. The van der Waals surface area contributed by atoms with Gasteiger partial charge in [-0.25, -0.2) is 0 Å². The van der Waals surface area contributed by atoms with E-state index in [0.29, 0.717) is 17.9 Å². The van der Waals surface area contributed by atoms with E-state index < -0.39 is 0 Å². The highest BCUT2D eigenvalue weighted by molar-refractivity contribution is 6.03. The number of hydrogen-bond acceptors (Lipinski definition) is 4. The van der Waals surface area contributed by atoms with Crippen molar-refractivity contribution in [1.29, 1.82) is 0 Å². The van der Waals surface area contributed by atoms with Crippen LogP contribution in [0.15, 0.2) is 22.0 Å². The predicted octanol–water partition coefficient (Wildman–Crippen LogP) is 4.64. The van der Waals surface area contributed by atoms with Crippen LogP contribution in [0.2, 0.25) is 0 Å². The van der Waals surface area contributed by atoms with Gasteiger partial charge in [-0.05, 0) is 50.9 Å². The molecule has 150 valence electrons. The lowest BCUT2D eigenvalue weighted by Gasteiger charge is -2.41. The van der Waals surface area contributed by atoms with Crippen molar-refractivity contribution in [2.45, 2.75) is 83.3 Å². The summed E-state index contributed by atoms with van der Waals surface area (Å²) in [4.78, 5) is 6.21. The van der Waals surface area contributed by atoms with Crippen LogP contribution in [0.25, 0.3) is 0 Å². The molecule has 4 aliphatic rings. The van der Waals surface area contributed by atoms with Crippen LogP contribution in [0.3, 0.4) is 0 Å². The van der Waals surface area contributed by atoms with Crippen molar-refractivity contribution >= 4 is 11.9 Å². The Kier molecular flexibility index (Phi) is 5.43. The molecular weight excluding hydrogens is 338 g/mol. The third-order valence-electron chi connectivity index (χ3n) is 7.65. The van der Waals surface area contributed by atoms with Gasteiger partial charge in [-0.15, -0.1) is 0 Å². The molecule has 2 aliphatic carbocycles. The summed E-state index contributed by atoms with van der Waals surface area (Å²) in [5.41, 5.74) is 2.34. The number of hydrogen-bond donors (Lipinski definition) is 0. The van der Waals surface area contributed by atoms with Crippen molar-refractivity contribution in [2.75, 3.05) is 20.3 Å². The molecular formula is C22H36N3O2+. The summed E-state index contributed by atoms with van der Waals surface area (Å²) < 4.78 is 6.14. The maximum atomic E-state index is 6.21. The predicted molar refractivity (Wildman–Crippen MR) is 108 cm³/mol. The molecule has 4 rings (SSSR count). The summed E-state index contributed by atoms with van der Waals surface area (Å²) in [6, 6.07) is 0.600. The molecule has 2 aliphatic heterocycles. The number of methoxy groups -OCH3 is 1. The molecule has 0 aromatic heterocycles. The van der Waals surface area contributed by atoms with Crippen molar-refractivity contribution in [3.63, 3.8) is 0 Å². The molecule has 0 aromatic carbocycles. The molecule has 0 N–H and O–H groups in total. The van der Waals surface area contributed by atoms with Gasteiger partial charge in [0, 0.05) is 39.1 Å². The minimum atomic E-state index is -0.112. The van der Waals surface area contributed by atoms with E-state index in [1.54, 1.807) is 0 Å². The van der Waals surface area contributed by atoms with Crippen molar-refractivity contribution < 1.29 is 14.2 Å². The highest BCUT2D eigenvalue weighted by Crippen LogP contribution is 2.47. The maximum Gasteiger partial charge on any atom is 0.186 e. The molecule has 0 radical (unpaired) electrons. The van der Waals surface area contributed by atoms with Gasteiger partial charge in [0.05, 0.1) is 6.21 Å². The average molecular weight is 375 g/mol. The van der Waals surface area contributed by atoms with E-state index in [1.165, 1.54) is 50.6 Å². The number of nitrogens with zero attached hydrogens (tertiary/aromatic N) is 3. The fourth-order valence-corrected chi connectivity index (χ4v) is 5.99. The third-order valence-corrected chi connectivity index (χ3v) is 7.65. The van der Waals surface area contributed by atoms with Crippen molar-refractivity contribution in [3.05, 3.63) is 11.8 Å². The van der Waals surface area contributed by atoms with Crippen molar-refractivity contribution in [2.24, 2.45) is 22.1 Å². The molecule has 27 heavy (non-hydrogen) atoms. The summed E-state index contributed by atoms with van der Waals surface area (Å²) in [6.45, 7) is 6.48. The topological polar surface area (TPSA) is 43.2 Å². The molecule has 4 atom stereocenters. The van der Waals surface area contributed by atoms with E-state index in [0.717, 1.165) is 36.3 Å². The van der Waals surface area contributed by atoms with Crippen LogP contribution in [-0.4, -0.2) is 48.4 Å². The second kappa shape index (κ2) is 7.67. The molecule has 5 nitrogen and oxygen atoms in total. The lowest BCUT2D eigenvalue weighted by Crippen LogP contribution is -2.52. The van der Waals surface area contributed by atoms with Crippen LogP contribution in [-0.2, 0) is 9.57 Å². The second-order valence-corrected chi connectivity index (χ2v) is 9.12. The number of quaternary nitrogens is 1. The molecule has 2 fully saturated rings. The molecule has 2 heterocycles. The Hall–Kier alpha value is -1.20. The van der Waals surface area contributed by atoms with Gasteiger partial charge < -0.3 is 9.57 Å². The standard InChI is InChI=1S/C22H36N3O2/c1-4-25(19-8-6-5-7-9-19)21(11-13-23-25)20-15-22(27-24-20)12-10-18(16-26-3)14-17(22)2/h11,13,17-19H,4-10,12,14-16H2,1-3H3/q+1/t17?,18-,22-,25?/m0/s1. The molecule has 5 heteroatoms. The number of oxime groups is 1. The van der Waals surface area contributed by atoms with Gasteiger partial charge in [-0.2, -0.15) is 4.59 Å². The van der Waals surface area contributed by atoms with Gasteiger partial charge in [0.25, 0.3) is 0 Å². The van der Waals surface area contributed by atoms with Crippen LogP contribution in [0, 0.1) is 11.8 Å². The fraction of sp³-hybridized carbons (Fsp3) is 0.818. The zero-order valence-electron chi connectivity index (χ0n) is 17.3. The first-order valence-corrected chi connectivity index (χ1v) is 11.0. The molecule has 0 bridgehead atoms. The number of rotatable bonds is 5. The highest BCUT2D eigenvalue weighted by atomic mass is 16.7. The largest absolute Gasteiger partial charge is 0.388 e. The molecule has 0 aromatic rings. The van der Waals surface area contributed by atoms with Crippen molar-refractivity contribution in [3.8, 4) is 0 Å². The first kappa shape index (κ1) is 19.1. The monoisotopic (exact) mass is 374 g/mol. The van der Waals surface area contributed by atoms with Gasteiger partial charge in [0.15, 0.2) is 5.70 Å². The molecule has 2 unspecified atom stereocenters. The first-order valence-electron chi connectivity index (χ1n) is 11.0. The zero-order valence-corrected chi connectivity index (χ0v) is 17.3. The normalized spacial score (nSPS) is 39.5. The zero-order chi connectivity index (χ0) is 18.9. The van der Waals surface area contributed by atoms with Gasteiger partial charge in [0.1, 0.15) is 23.9 Å². The Bertz CT molecular complexity index is 637. The molecule has 0 amide bonds. The van der Waals surface area contributed by atoms with Crippen LogP contribution in [0.1, 0.15) is 71.6 Å². The van der Waals surface area contributed by atoms with Crippen LogP contribution in [0.4, 0.5) is 0 Å². The average Bonchev–Trinajstić information content (AvgIpc) is 3.31. The van der Waals surface area contributed by atoms with E-state index in [1.807, 2.05) is 13.3 Å². The van der Waals surface area contributed by atoms with E-state index in [2.05, 4.69) is 25.1 Å². The summed E-state index contributed by atoms with van der Waals surface area (Å²) >= 11 is 0. The lowest BCUT2D eigenvalue weighted by molar-refractivity contribution is -0.915. The van der Waals surface area contributed by atoms with Crippen molar-refractivity contribution in [1.82, 2.24) is 0 Å². The Balaban J connectivity index is 1.50. The summed E-state index contributed by atoms with van der Waals surface area (Å²) in [7, 11) is 1.81. The Morgan fingerprint density at radius 1 is 1.26 bits per heavy atom. The highest BCUT2D eigenvalue weighted by Gasteiger charge is 2.53. The van der Waals surface area contributed by atoms with Gasteiger partial charge in [-0.3, -0.25) is 0 Å². The van der Waals surface area contributed by atoms with Gasteiger partial charge in [-0.1, -0.05) is 23.6 Å². The van der Waals surface area contributed by atoms with Crippen LogP contribution in [0.5, 0.6) is 0 Å². The SMILES string of the molecule is CC[N+]1(C2CCCCC2)N=CC=C1C1=NO[C@@]2(CC[C@H](COC)CC2C)C1. The Morgan fingerprint density at radius 2 is 2.07 bits per heavy atom. The summed E-state index contributed by atoms with van der Waals surface area (Å²) in [6.07, 6.45) is 15.2. The summed E-state index contributed by atoms with van der Waals surface area (Å²) in [5, 5.41) is 9.67. The second-order valence-electron chi connectivity index (χ2n) is 9.12. The Labute approximate surface area is 164 Å². The minimum Gasteiger partial charge on any atom is -0.388 e. The Morgan fingerprint density at radius 3 is 2.78 bits per heavy atom. The van der Waals surface area contributed by atoms with Crippen LogP contribution >= 0.6 is 0 Å². The van der Waals surface area contributed by atoms with E-state index in [-0.39, 0.29) is 5.60 Å². The van der Waals surface area contributed by atoms with Crippen LogP contribution < -0.4 is 0 Å². The van der Waals surface area contributed by atoms with Gasteiger partial charge in [0.2, 0.25) is 0 Å². The smallest absolute Gasteiger partial charge is 0.186 e. The fourth-order valence-electron chi connectivity index (χ4n) is 5.99. The summed E-state index contributed by atoms with van der Waals surface area (Å²) in [5.74, 6) is 1.17. The molecule has 2 saturated carbocycles.